The lowest BCUT2D eigenvalue weighted by Gasteiger charge is -2.10. The van der Waals surface area contributed by atoms with Crippen LogP contribution in [0.15, 0.2) is 48.8 Å². The molecule has 0 saturated heterocycles. The van der Waals surface area contributed by atoms with Gasteiger partial charge in [0, 0.05) is 24.5 Å². The molecule has 0 bridgehead atoms. The molecule has 0 aliphatic carbocycles. The second-order valence-corrected chi connectivity index (χ2v) is 7.91. The van der Waals surface area contributed by atoms with Crippen LogP contribution in [0, 0.1) is 0 Å². The fraction of sp³-hybridized carbons (Fsp3) is 0.105. The molecule has 1 N–H and O–H groups in total. The van der Waals surface area contributed by atoms with E-state index in [9.17, 15) is 13.2 Å². The van der Waals surface area contributed by atoms with Gasteiger partial charge >= 0.3 is 6.18 Å². The zero-order valence-electron chi connectivity index (χ0n) is 14.5. The Balaban J connectivity index is 1.77. The van der Waals surface area contributed by atoms with Crippen molar-refractivity contribution in [2.24, 2.45) is 0 Å². The first-order valence-electron chi connectivity index (χ1n) is 8.28. The lowest BCUT2D eigenvalue weighted by atomic mass is 10.2. The van der Waals surface area contributed by atoms with Crippen LogP contribution >= 0.6 is 34.5 Å². The summed E-state index contributed by atoms with van der Waals surface area (Å²) in [4.78, 5) is 12.2. The zero-order chi connectivity index (χ0) is 20.6. The van der Waals surface area contributed by atoms with Gasteiger partial charge in [-0.05, 0) is 35.9 Å². The van der Waals surface area contributed by atoms with E-state index >= 15 is 0 Å². The summed E-state index contributed by atoms with van der Waals surface area (Å²) in [5, 5.41) is 4.22. The van der Waals surface area contributed by atoms with Crippen LogP contribution in [-0.4, -0.2) is 15.0 Å². The molecule has 29 heavy (non-hydrogen) atoms. The number of benzene rings is 1. The fourth-order valence-electron chi connectivity index (χ4n) is 2.66. The minimum absolute atomic E-state index is 0.246. The van der Waals surface area contributed by atoms with E-state index in [1.165, 1.54) is 0 Å². The maximum atomic E-state index is 13.2. The van der Waals surface area contributed by atoms with E-state index in [1.54, 1.807) is 42.7 Å². The van der Waals surface area contributed by atoms with E-state index in [0.717, 1.165) is 11.6 Å². The van der Waals surface area contributed by atoms with E-state index in [1.807, 2.05) is 0 Å². The Labute approximate surface area is 177 Å². The Kier molecular flexibility index (Phi) is 5.33. The number of thiophene rings is 1. The SMILES string of the molecule is FC(F)(F)c1cc2c(NCc3ccc(Cl)c(Cl)c3)nc(-c3ccncc3)nc2s1. The molecule has 0 fully saturated rings. The van der Waals surface area contributed by atoms with Gasteiger partial charge in [0.1, 0.15) is 15.5 Å². The molecule has 3 heterocycles. The van der Waals surface area contributed by atoms with Crippen LogP contribution in [0.4, 0.5) is 19.0 Å². The van der Waals surface area contributed by atoms with E-state index in [-0.39, 0.29) is 4.83 Å². The lowest BCUT2D eigenvalue weighted by molar-refractivity contribution is -0.134. The second kappa shape index (κ2) is 7.78. The molecule has 148 valence electrons. The number of halogens is 5. The highest BCUT2D eigenvalue weighted by Crippen LogP contribution is 2.40. The van der Waals surface area contributed by atoms with Crippen LogP contribution in [0.2, 0.25) is 10.0 Å². The molecule has 0 radical (unpaired) electrons. The zero-order valence-corrected chi connectivity index (χ0v) is 16.8. The van der Waals surface area contributed by atoms with Crippen LogP contribution in [0.3, 0.4) is 0 Å². The molecule has 0 atom stereocenters. The molecule has 0 unspecified atom stereocenters. The van der Waals surface area contributed by atoms with E-state index in [4.69, 9.17) is 23.2 Å². The molecule has 4 nitrogen and oxygen atoms in total. The van der Waals surface area contributed by atoms with Crippen molar-refractivity contribution in [1.29, 1.82) is 0 Å². The molecule has 0 amide bonds. The van der Waals surface area contributed by atoms with E-state index in [0.29, 0.717) is 50.5 Å². The quantitative estimate of drug-likeness (QED) is 0.373. The van der Waals surface area contributed by atoms with E-state index in [2.05, 4.69) is 20.3 Å². The Hall–Kier alpha value is -2.42. The number of fused-ring (bicyclic) bond motifs is 1. The highest BCUT2D eigenvalue weighted by atomic mass is 35.5. The largest absolute Gasteiger partial charge is 0.425 e. The number of aromatic nitrogens is 3. The van der Waals surface area contributed by atoms with Gasteiger partial charge in [-0.15, -0.1) is 11.3 Å². The van der Waals surface area contributed by atoms with Crippen LogP contribution in [0.25, 0.3) is 21.6 Å². The summed E-state index contributed by atoms with van der Waals surface area (Å²) < 4.78 is 39.7. The maximum Gasteiger partial charge on any atom is 0.425 e. The lowest BCUT2D eigenvalue weighted by Crippen LogP contribution is -2.04. The molecule has 0 aliphatic rings. The minimum atomic E-state index is -4.46. The van der Waals surface area contributed by atoms with Gasteiger partial charge in [-0.25, -0.2) is 9.97 Å². The molecule has 4 aromatic rings. The van der Waals surface area contributed by atoms with Gasteiger partial charge in [0.05, 0.1) is 15.4 Å². The standard InChI is InChI=1S/C19H11Cl2F3N4S/c20-13-2-1-10(7-14(13)21)9-26-17-12-8-15(19(22,23)24)29-18(12)28-16(27-17)11-3-5-25-6-4-11/h1-8H,9H2,(H,26,27,28). The van der Waals surface area contributed by atoms with Gasteiger partial charge in [-0.1, -0.05) is 29.3 Å². The normalized spacial score (nSPS) is 11.8. The Morgan fingerprint density at radius 2 is 1.72 bits per heavy atom. The van der Waals surface area contributed by atoms with Gasteiger partial charge in [0.15, 0.2) is 5.82 Å². The molecule has 1 aromatic carbocycles. The van der Waals surface area contributed by atoms with Gasteiger partial charge in [0.25, 0.3) is 0 Å². The van der Waals surface area contributed by atoms with Gasteiger partial charge in [-0.3, -0.25) is 4.98 Å². The molecule has 0 saturated carbocycles. The number of nitrogens with one attached hydrogen (secondary N) is 1. The monoisotopic (exact) mass is 454 g/mol. The summed E-state index contributed by atoms with van der Waals surface area (Å²) in [5.74, 6) is 0.617. The number of anilines is 1. The number of hydrogen-bond acceptors (Lipinski definition) is 5. The maximum absolute atomic E-state index is 13.2. The first-order valence-corrected chi connectivity index (χ1v) is 9.85. The summed E-state index contributed by atoms with van der Waals surface area (Å²) in [6.45, 7) is 0.302. The third-order valence-corrected chi connectivity index (χ3v) is 5.87. The van der Waals surface area contributed by atoms with E-state index < -0.39 is 11.1 Å². The Morgan fingerprint density at radius 1 is 0.966 bits per heavy atom. The number of rotatable bonds is 4. The average molecular weight is 455 g/mol. The Bertz CT molecular complexity index is 1180. The smallest absolute Gasteiger partial charge is 0.365 e. The predicted molar refractivity (Wildman–Crippen MR) is 109 cm³/mol. The van der Waals surface area contributed by atoms with Crippen molar-refractivity contribution in [3.8, 4) is 11.4 Å². The molecular weight excluding hydrogens is 444 g/mol. The van der Waals surface area contributed by atoms with Crippen molar-refractivity contribution in [2.75, 3.05) is 5.32 Å². The molecule has 3 aromatic heterocycles. The average Bonchev–Trinajstić information content (AvgIpc) is 3.14. The molecular formula is C19H11Cl2F3N4S. The van der Waals surface area contributed by atoms with Crippen molar-refractivity contribution in [1.82, 2.24) is 15.0 Å². The van der Waals surface area contributed by atoms with Crippen molar-refractivity contribution in [3.63, 3.8) is 0 Å². The van der Waals surface area contributed by atoms with Crippen LogP contribution in [0.5, 0.6) is 0 Å². The summed E-state index contributed by atoms with van der Waals surface area (Å²) in [6, 6.07) is 9.58. The Morgan fingerprint density at radius 3 is 2.41 bits per heavy atom. The topological polar surface area (TPSA) is 50.7 Å². The van der Waals surface area contributed by atoms with Gasteiger partial charge < -0.3 is 5.32 Å². The summed E-state index contributed by atoms with van der Waals surface area (Å²) >= 11 is 12.5. The number of pyridine rings is 1. The van der Waals surface area contributed by atoms with Gasteiger partial charge in [0.2, 0.25) is 0 Å². The first kappa shape index (κ1) is 19.9. The molecule has 0 aliphatic heterocycles. The molecule has 4 rings (SSSR count). The number of hydrogen-bond donors (Lipinski definition) is 1. The van der Waals surface area contributed by atoms with Crippen molar-refractivity contribution in [2.45, 2.75) is 12.7 Å². The van der Waals surface area contributed by atoms with Crippen LogP contribution in [-0.2, 0) is 12.7 Å². The number of nitrogens with zero attached hydrogens (tertiary/aromatic N) is 3. The third-order valence-electron chi connectivity index (χ3n) is 4.05. The van der Waals surface area contributed by atoms with Gasteiger partial charge in [-0.2, -0.15) is 13.2 Å². The summed E-state index contributed by atoms with van der Waals surface area (Å²) in [5.41, 5.74) is 1.46. The molecule has 10 heteroatoms. The van der Waals surface area contributed by atoms with Crippen molar-refractivity contribution < 1.29 is 13.2 Å². The minimum Gasteiger partial charge on any atom is -0.365 e. The second-order valence-electron chi connectivity index (χ2n) is 6.06. The van der Waals surface area contributed by atoms with Crippen molar-refractivity contribution in [3.05, 3.63) is 69.3 Å². The van der Waals surface area contributed by atoms with Crippen LogP contribution < -0.4 is 5.32 Å². The predicted octanol–water partition coefficient (Wildman–Crippen LogP) is 6.69. The molecule has 0 spiro atoms. The highest BCUT2D eigenvalue weighted by molar-refractivity contribution is 7.18. The van der Waals surface area contributed by atoms with Crippen LogP contribution in [0.1, 0.15) is 10.4 Å². The summed E-state index contributed by atoms with van der Waals surface area (Å²) in [7, 11) is 0. The first-order chi connectivity index (χ1) is 13.8. The highest BCUT2D eigenvalue weighted by Gasteiger charge is 2.33. The fourth-order valence-corrected chi connectivity index (χ4v) is 3.88. The van der Waals surface area contributed by atoms with Crippen molar-refractivity contribution >= 4 is 50.6 Å². The third kappa shape index (κ3) is 4.29. The summed E-state index contributed by atoms with van der Waals surface area (Å²) in [6.07, 6.45) is -1.31. The number of alkyl halides is 3.